The van der Waals surface area contributed by atoms with Crippen LogP contribution >= 0.6 is 0 Å². The third-order valence-corrected chi connectivity index (χ3v) is 18.2. The van der Waals surface area contributed by atoms with Crippen LogP contribution in [-0.4, -0.2) is 16.8 Å². The third-order valence-electron chi connectivity index (χ3n) is 18.2. The van der Waals surface area contributed by atoms with Crippen LogP contribution in [0.5, 0.6) is 0 Å². The number of hydrogen-bond acceptors (Lipinski definition) is 2. The van der Waals surface area contributed by atoms with Gasteiger partial charge in [-0.05, 0) is 137 Å². The topological polar surface area (TPSA) is 11.4 Å². The van der Waals surface area contributed by atoms with Crippen LogP contribution < -0.4 is 26.2 Å². The normalized spacial score (nSPS) is 26.3. The lowest BCUT2D eigenvalue weighted by Crippen LogP contribution is -2.64. The van der Waals surface area contributed by atoms with Crippen molar-refractivity contribution >= 4 is 67.7 Å². The molecule has 0 spiro atoms. The van der Waals surface area contributed by atoms with Gasteiger partial charge in [-0.1, -0.05) is 141 Å². The average Bonchev–Trinajstić information content (AvgIpc) is 3.77. The molecule has 3 nitrogen and oxygen atoms in total. The van der Waals surface area contributed by atoms with Crippen molar-refractivity contribution < 1.29 is 0 Å². The molecule has 1 saturated carbocycles. The Hall–Kier alpha value is -5.22. The second-order valence-corrected chi connectivity index (χ2v) is 23.2. The van der Waals surface area contributed by atoms with E-state index in [1.54, 1.807) is 5.56 Å². The molecule has 0 bridgehead atoms. The summed E-state index contributed by atoms with van der Waals surface area (Å²) < 4.78 is 2.73. The number of fused-ring (bicyclic) bond motifs is 15. The molecule has 7 aromatic rings. The Bertz CT molecular complexity index is 3160. The maximum Gasteiger partial charge on any atom is 0.252 e. The maximum atomic E-state index is 2.92. The molecule has 62 heavy (non-hydrogen) atoms. The van der Waals surface area contributed by atoms with Gasteiger partial charge in [0.2, 0.25) is 0 Å². The molecule has 1 fully saturated rings. The fraction of sp³-hybridized carbons (Fsp3) is 0.379. The first-order valence-corrected chi connectivity index (χ1v) is 23.7. The smallest absolute Gasteiger partial charge is 0.252 e. The fourth-order valence-electron chi connectivity index (χ4n) is 14.5. The van der Waals surface area contributed by atoms with Crippen LogP contribution in [0.4, 0.5) is 22.7 Å². The first kappa shape index (κ1) is 37.3. The highest BCUT2D eigenvalue weighted by molar-refractivity contribution is 7.00. The first-order chi connectivity index (χ1) is 29.5. The minimum atomic E-state index is -0.290. The van der Waals surface area contributed by atoms with Gasteiger partial charge in [0.05, 0.1) is 16.6 Å². The highest BCUT2D eigenvalue weighted by atomic mass is 15.3. The lowest BCUT2D eigenvalue weighted by atomic mass is 9.33. The molecule has 2 aliphatic carbocycles. The summed E-state index contributed by atoms with van der Waals surface area (Å²) in [4.78, 5) is 5.73. The maximum absolute atomic E-state index is 2.92. The summed E-state index contributed by atoms with van der Waals surface area (Å²) in [6, 6.07) is 44.1. The lowest BCUT2D eigenvalue weighted by molar-refractivity contribution is 0.195. The Morgan fingerprint density at radius 1 is 0.548 bits per heavy atom. The summed E-state index contributed by atoms with van der Waals surface area (Å²) in [5, 5.41) is 2.76. The van der Waals surface area contributed by atoms with E-state index in [2.05, 4.69) is 193 Å². The number of anilines is 4. The van der Waals surface area contributed by atoms with Gasteiger partial charge in [-0.2, -0.15) is 0 Å². The van der Waals surface area contributed by atoms with Crippen molar-refractivity contribution in [3.8, 4) is 5.69 Å². The molecule has 4 aliphatic heterocycles. The van der Waals surface area contributed by atoms with E-state index in [9.17, 15) is 0 Å². The summed E-state index contributed by atoms with van der Waals surface area (Å²) in [5.41, 5.74) is 22.5. The number of para-hydroxylation sites is 2. The average molecular weight is 810 g/mol. The minimum Gasteiger partial charge on any atom is -0.335 e. The lowest BCUT2D eigenvalue weighted by Gasteiger charge is -2.53. The van der Waals surface area contributed by atoms with Crippen LogP contribution in [0.3, 0.4) is 0 Å². The van der Waals surface area contributed by atoms with Gasteiger partial charge in [-0.3, -0.25) is 0 Å². The molecule has 6 aliphatic rings. The van der Waals surface area contributed by atoms with E-state index in [0.717, 1.165) is 12.8 Å². The second-order valence-electron chi connectivity index (χ2n) is 23.2. The molecular formula is C58H60BN3. The van der Waals surface area contributed by atoms with E-state index in [4.69, 9.17) is 0 Å². The number of benzene rings is 6. The van der Waals surface area contributed by atoms with Crippen LogP contribution in [0.2, 0.25) is 0 Å². The molecule has 0 N–H and O–H groups in total. The van der Waals surface area contributed by atoms with E-state index in [1.165, 1.54) is 120 Å². The zero-order valence-corrected chi connectivity index (χ0v) is 38.6. The highest BCUT2D eigenvalue weighted by Crippen LogP contribution is 2.66. The Kier molecular flexibility index (Phi) is 6.91. The number of rotatable bonds is 1. The second kappa shape index (κ2) is 11.5. The summed E-state index contributed by atoms with van der Waals surface area (Å²) in [6.07, 6.45) is 7.18. The van der Waals surface area contributed by atoms with Crippen LogP contribution in [0.1, 0.15) is 135 Å². The Labute approximate surface area is 369 Å². The monoisotopic (exact) mass is 809 g/mol. The summed E-state index contributed by atoms with van der Waals surface area (Å²) in [5.74, 6) is 0. The quantitative estimate of drug-likeness (QED) is 0.153. The molecule has 5 heterocycles. The first-order valence-electron chi connectivity index (χ1n) is 23.7. The summed E-state index contributed by atoms with van der Waals surface area (Å²) >= 11 is 0. The number of nitrogens with zero attached hydrogens (tertiary/aromatic N) is 3. The van der Waals surface area contributed by atoms with E-state index >= 15 is 0 Å². The number of hydrogen-bond donors (Lipinski definition) is 0. The van der Waals surface area contributed by atoms with Crippen LogP contribution in [0.25, 0.3) is 27.5 Å². The molecule has 310 valence electrons. The van der Waals surface area contributed by atoms with E-state index < -0.39 is 0 Å². The van der Waals surface area contributed by atoms with Gasteiger partial charge in [-0.15, -0.1) is 0 Å². The van der Waals surface area contributed by atoms with Gasteiger partial charge in [-0.25, -0.2) is 0 Å². The SMILES string of the molecule is CC(C)(C)c1ccc2c(c1)c1cc(C(C)(C)C)cc3c1n2-c1cc(N2c4ccccc4C4(C)CCc5ccccc5C24C)cc2c1B3c1cccc3c1N2C1(C)CCCCC31C. The van der Waals surface area contributed by atoms with Crippen molar-refractivity contribution in [1.82, 2.24) is 4.57 Å². The van der Waals surface area contributed by atoms with Crippen molar-refractivity contribution in [2.45, 2.75) is 141 Å². The molecule has 4 heteroatoms. The molecule has 0 saturated heterocycles. The van der Waals surface area contributed by atoms with Gasteiger partial charge in [0.1, 0.15) is 0 Å². The van der Waals surface area contributed by atoms with Crippen molar-refractivity contribution in [2.75, 3.05) is 9.80 Å². The van der Waals surface area contributed by atoms with Crippen molar-refractivity contribution in [1.29, 1.82) is 0 Å². The van der Waals surface area contributed by atoms with E-state index in [0.29, 0.717) is 0 Å². The molecular weight excluding hydrogens is 749 g/mol. The molecule has 13 rings (SSSR count). The van der Waals surface area contributed by atoms with Gasteiger partial charge in [0.15, 0.2) is 0 Å². The van der Waals surface area contributed by atoms with Crippen molar-refractivity contribution in [2.24, 2.45) is 0 Å². The molecule has 6 aromatic carbocycles. The van der Waals surface area contributed by atoms with Crippen LogP contribution in [-0.2, 0) is 33.6 Å². The Morgan fingerprint density at radius 3 is 2.03 bits per heavy atom. The number of aryl methyl sites for hydroxylation is 1. The Morgan fingerprint density at radius 2 is 1.24 bits per heavy atom. The summed E-state index contributed by atoms with van der Waals surface area (Å²) in [6.45, 7) is 24.8. The predicted molar refractivity (Wildman–Crippen MR) is 264 cm³/mol. The molecule has 0 amide bonds. The summed E-state index contributed by atoms with van der Waals surface area (Å²) in [7, 11) is 0. The zero-order valence-electron chi connectivity index (χ0n) is 38.6. The van der Waals surface area contributed by atoms with E-state index in [-0.39, 0.29) is 39.5 Å². The van der Waals surface area contributed by atoms with Gasteiger partial charge < -0.3 is 14.4 Å². The molecule has 1 aromatic heterocycles. The van der Waals surface area contributed by atoms with Gasteiger partial charge >= 0.3 is 0 Å². The number of aromatic nitrogens is 1. The standard InChI is InChI=1S/C58H60BN3/c1-53(2,3)36-24-25-46-39(30-36)40-31-37(54(4,5)6)32-45-51(40)60(46)48-33-38(61-47-23-14-13-20-42(47)56(8)29-26-35-18-11-12-19-41(35)58(56,61)10)34-49-50(48)59(45)44-22-17-21-43-52(44)62(49)57(9)28-16-15-27-55(43,57)7/h11-14,17-25,30-34H,15-16,26-29H2,1-10H3. The van der Waals surface area contributed by atoms with Crippen LogP contribution in [0.15, 0.2) is 109 Å². The van der Waals surface area contributed by atoms with Gasteiger partial charge in [0.25, 0.3) is 6.71 Å². The zero-order chi connectivity index (χ0) is 42.7. The third kappa shape index (κ3) is 4.18. The highest BCUT2D eigenvalue weighted by Gasteiger charge is 2.63. The molecule has 0 radical (unpaired) electrons. The van der Waals surface area contributed by atoms with Crippen molar-refractivity contribution in [3.05, 3.63) is 143 Å². The predicted octanol–water partition coefficient (Wildman–Crippen LogP) is 12.5. The molecule has 4 atom stereocenters. The Balaban J connectivity index is 1.21. The van der Waals surface area contributed by atoms with Gasteiger partial charge in [0, 0.05) is 55.6 Å². The molecule has 4 unspecified atom stereocenters. The largest absolute Gasteiger partial charge is 0.335 e. The van der Waals surface area contributed by atoms with Crippen LogP contribution in [0, 0.1) is 0 Å². The minimum absolute atomic E-state index is 0.00945. The fourth-order valence-corrected chi connectivity index (χ4v) is 14.5. The van der Waals surface area contributed by atoms with E-state index in [1.807, 2.05) is 0 Å². The van der Waals surface area contributed by atoms with Crippen molar-refractivity contribution in [3.63, 3.8) is 0 Å².